The molecule has 0 spiro atoms. The summed E-state index contributed by atoms with van der Waals surface area (Å²) in [7, 11) is 0. The molecule has 1 aromatic heterocycles. The molecule has 9 rings (SSSR count). The SMILES string of the molecule is C=c1c2ccc3c4ccc5c6c(ccc(c7ccc(c(=O)n1-c1c(F)c(F)cc(F)c1F)c2c37)c64)C(=O)N(c1c(F)c(F)c(F)c(F)c1F)C5=O. The standard InChI is InChI=1S/C37H11F9N2O3/c1-11-12-2-3-13-15-5-8-18-25-19(37(51)48(36(18)50)34-31(45)29(43)28(42)30(44)32(34)46)9-6-16(24(15)25)14-4-7-17(22(12)23(13)14)35(49)47(11)33-26(40)20(38)10-21(39)27(33)41/h2-10H,1H2. The summed E-state index contributed by atoms with van der Waals surface area (Å²) in [5, 5.41) is 2.60. The number of rotatable bonds is 2. The Balaban J connectivity index is 1.36. The van der Waals surface area contributed by atoms with Gasteiger partial charge < -0.3 is 0 Å². The molecule has 2 heterocycles. The summed E-state index contributed by atoms with van der Waals surface area (Å²) in [6, 6.07) is 11.1. The van der Waals surface area contributed by atoms with E-state index in [0.29, 0.717) is 36.9 Å². The zero-order valence-corrected chi connectivity index (χ0v) is 24.9. The van der Waals surface area contributed by atoms with Gasteiger partial charge in [0, 0.05) is 38.7 Å². The zero-order valence-electron chi connectivity index (χ0n) is 24.9. The smallest absolute Gasteiger partial charge is 0.266 e. The molecule has 0 N–H and O–H groups in total. The number of fused-ring (bicyclic) bond motifs is 2. The fourth-order valence-corrected chi connectivity index (χ4v) is 7.35. The van der Waals surface area contributed by atoms with Gasteiger partial charge in [-0.2, -0.15) is 0 Å². The van der Waals surface area contributed by atoms with Crippen LogP contribution in [0.4, 0.5) is 45.2 Å². The molecule has 1 aliphatic heterocycles. The van der Waals surface area contributed by atoms with Gasteiger partial charge in [0.1, 0.15) is 11.4 Å². The monoisotopic (exact) mass is 702 g/mol. The molecule has 0 saturated carbocycles. The summed E-state index contributed by atoms with van der Waals surface area (Å²) < 4.78 is 131. The Hall–Kier alpha value is -6.44. The highest BCUT2D eigenvalue weighted by Gasteiger charge is 2.41. The quantitative estimate of drug-likeness (QED) is 0.0456. The summed E-state index contributed by atoms with van der Waals surface area (Å²) >= 11 is 0. The van der Waals surface area contributed by atoms with Gasteiger partial charge in [-0.1, -0.05) is 36.9 Å². The number of aromatic nitrogens is 1. The van der Waals surface area contributed by atoms with Gasteiger partial charge in [-0.15, -0.1) is 0 Å². The fraction of sp³-hybridized carbons (Fsp3) is 0. The van der Waals surface area contributed by atoms with Crippen molar-refractivity contribution in [3.63, 3.8) is 0 Å². The molecule has 14 heteroatoms. The van der Waals surface area contributed by atoms with Gasteiger partial charge in [-0.05, 0) is 50.5 Å². The Labute approximate surface area is 275 Å². The summed E-state index contributed by atoms with van der Waals surface area (Å²) in [5.74, 6) is -21.7. The molecule has 5 nitrogen and oxygen atoms in total. The van der Waals surface area contributed by atoms with Crippen LogP contribution < -0.4 is 15.8 Å². The van der Waals surface area contributed by atoms with E-state index in [4.69, 9.17) is 0 Å². The first-order chi connectivity index (χ1) is 24.3. The summed E-state index contributed by atoms with van der Waals surface area (Å²) in [5.41, 5.74) is -4.63. The van der Waals surface area contributed by atoms with E-state index in [9.17, 15) is 53.9 Å². The Bertz CT molecular complexity index is 2930. The molecule has 8 aromatic rings. The molecule has 7 aromatic carbocycles. The Morgan fingerprint density at radius 2 is 0.824 bits per heavy atom. The molecule has 1 aliphatic rings. The topological polar surface area (TPSA) is 59.4 Å². The van der Waals surface area contributed by atoms with Gasteiger partial charge in [0.25, 0.3) is 17.4 Å². The van der Waals surface area contributed by atoms with Crippen LogP contribution in [0.5, 0.6) is 0 Å². The number of hydrogen-bond acceptors (Lipinski definition) is 3. The summed E-state index contributed by atoms with van der Waals surface area (Å²) in [6.45, 7) is 3.82. The van der Waals surface area contributed by atoms with Gasteiger partial charge in [-0.25, -0.2) is 44.4 Å². The minimum absolute atomic E-state index is 0.0100. The molecule has 2 amide bonds. The van der Waals surface area contributed by atoms with Gasteiger partial charge in [0.05, 0.1) is 5.35 Å². The van der Waals surface area contributed by atoms with Crippen LogP contribution in [0.1, 0.15) is 20.7 Å². The van der Waals surface area contributed by atoms with E-state index >= 15 is 0 Å². The van der Waals surface area contributed by atoms with Crippen LogP contribution in [0.25, 0.3) is 66.1 Å². The normalized spacial score (nSPS) is 13.4. The number of carbonyl (C=O) groups excluding carboxylic acids is 2. The van der Waals surface area contributed by atoms with Crippen molar-refractivity contribution in [3.05, 3.63) is 134 Å². The molecule has 0 unspecified atom stereocenters. The van der Waals surface area contributed by atoms with E-state index in [1.807, 2.05) is 0 Å². The molecule has 0 atom stereocenters. The van der Waals surface area contributed by atoms with Crippen LogP contribution in [-0.2, 0) is 0 Å². The number of amides is 2. The largest absolute Gasteiger partial charge is 0.271 e. The summed E-state index contributed by atoms with van der Waals surface area (Å²) in [6.07, 6.45) is 0. The van der Waals surface area contributed by atoms with Crippen LogP contribution in [-0.4, -0.2) is 16.4 Å². The van der Waals surface area contributed by atoms with E-state index in [2.05, 4.69) is 6.58 Å². The van der Waals surface area contributed by atoms with Crippen molar-refractivity contribution in [2.45, 2.75) is 0 Å². The first kappa shape index (κ1) is 30.6. The highest BCUT2D eigenvalue weighted by Crippen LogP contribution is 2.46. The molecule has 0 aliphatic carbocycles. The number of halogens is 9. The van der Waals surface area contributed by atoms with Gasteiger partial charge in [0.2, 0.25) is 5.82 Å². The Morgan fingerprint density at radius 3 is 1.33 bits per heavy atom. The molecule has 0 fully saturated rings. The third kappa shape index (κ3) is 3.55. The maximum absolute atomic E-state index is 14.9. The van der Waals surface area contributed by atoms with Gasteiger partial charge in [0.15, 0.2) is 46.5 Å². The lowest BCUT2D eigenvalue weighted by atomic mass is 9.83. The second-order valence-electron chi connectivity index (χ2n) is 11.9. The maximum atomic E-state index is 14.9. The third-order valence-electron chi connectivity index (χ3n) is 9.51. The minimum Gasteiger partial charge on any atom is -0.271 e. The van der Waals surface area contributed by atoms with E-state index in [1.54, 1.807) is 6.07 Å². The highest BCUT2D eigenvalue weighted by atomic mass is 19.2. The van der Waals surface area contributed by atoms with Crippen LogP contribution in [0.2, 0.25) is 0 Å². The van der Waals surface area contributed by atoms with Crippen molar-refractivity contribution in [3.8, 4) is 5.69 Å². The first-order valence-corrected chi connectivity index (χ1v) is 14.7. The van der Waals surface area contributed by atoms with Crippen molar-refractivity contribution in [1.29, 1.82) is 0 Å². The average Bonchev–Trinajstić information content (AvgIpc) is 3.12. The Kier molecular flexibility index (Phi) is 5.90. The van der Waals surface area contributed by atoms with E-state index in [0.717, 1.165) is 0 Å². The number of anilines is 1. The van der Waals surface area contributed by atoms with Crippen LogP contribution >= 0.6 is 0 Å². The van der Waals surface area contributed by atoms with E-state index in [-0.39, 0.29) is 49.0 Å². The molecule has 0 saturated heterocycles. The average molecular weight is 702 g/mol. The van der Waals surface area contributed by atoms with Crippen LogP contribution in [0.15, 0.2) is 59.4 Å². The zero-order chi connectivity index (χ0) is 36.1. The van der Waals surface area contributed by atoms with Crippen molar-refractivity contribution in [2.24, 2.45) is 0 Å². The predicted molar refractivity (Wildman–Crippen MR) is 169 cm³/mol. The predicted octanol–water partition coefficient (Wildman–Crippen LogP) is 8.22. The summed E-state index contributed by atoms with van der Waals surface area (Å²) in [4.78, 5) is 41.2. The van der Waals surface area contributed by atoms with E-state index in [1.165, 1.54) is 42.5 Å². The van der Waals surface area contributed by atoms with Crippen molar-refractivity contribution in [1.82, 2.24) is 4.57 Å². The molecule has 51 heavy (non-hydrogen) atoms. The second kappa shape index (κ2) is 9.84. The number of pyridine rings is 1. The van der Waals surface area contributed by atoms with Crippen LogP contribution in [0, 0.1) is 52.4 Å². The molecular weight excluding hydrogens is 691 g/mol. The fourth-order valence-electron chi connectivity index (χ4n) is 7.35. The number of nitrogens with zero attached hydrogens (tertiary/aromatic N) is 2. The number of benzene rings is 7. The number of carbonyl (C=O) groups is 2. The lowest BCUT2D eigenvalue weighted by Gasteiger charge is -2.29. The molecule has 250 valence electrons. The maximum Gasteiger partial charge on any atom is 0.266 e. The molecule has 0 bridgehead atoms. The lowest BCUT2D eigenvalue weighted by Crippen LogP contribution is -2.42. The second-order valence-corrected chi connectivity index (χ2v) is 11.9. The first-order valence-electron chi connectivity index (χ1n) is 14.7. The van der Waals surface area contributed by atoms with E-state index < -0.39 is 81.1 Å². The lowest BCUT2D eigenvalue weighted by molar-refractivity contribution is 0.0890. The highest BCUT2D eigenvalue weighted by molar-refractivity contribution is 6.43. The third-order valence-corrected chi connectivity index (χ3v) is 9.51. The number of hydrogen-bond donors (Lipinski definition) is 0. The van der Waals surface area contributed by atoms with Crippen LogP contribution in [0.3, 0.4) is 0 Å². The van der Waals surface area contributed by atoms with Crippen molar-refractivity contribution < 1.29 is 49.1 Å². The van der Waals surface area contributed by atoms with Crippen molar-refractivity contribution >= 4 is 77.9 Å². The molecular formula is C37H11F9N2O3. The molecule has 0 radical (unpaired) electrons. The Morgan fingerprint density at radius 1 is 0.431 bits per heavy atom. The number of imide groups is 1. The minimum atomic E-state index is -2.47. The van der Waals surface area contributed by atoms with Crippen molar-refractivity contribution in [2.75, 3.05) is 4.90 Å². The van der Waals surface area contributed by atoms with Gasteiger partial charge in [-0.3, -0.25) is 19.0 Å². The van der Waals surface area contributed by atoms with Gasteiger partial charge >= 0.3 is 0 Å².